The molecule has 0 spiro atoms. The van der Waals surface area contributed by atoms with E-state index in [1.54, 1.807) is 6.07 Å². The maximum atomic E-state index is 12.9. The van der Waals surface area contributed by atoms with Crippen LogP contribution in [0.1, 0.15) is 20.8 Å². The lowest BCUT2D eigenvalue weighted by molar-refractivity contribution is 0.628. The van der Waals surface area contributed by atoms with Gasteiger partial charge in [0, 0.05) is 23.2 Å². The summed E-state index contributed by atoms with van der Waals surface area (Å²) in [5.74, 6) is 1.57. The molecule has 1 aromatic carbocycles. The molecule has 1 aromatic rings. The van der Waals surface area contributed by atoms with Gasteiger partial charge >= 0.3 is 0 Å². The van der Waals surface area contributed by atoms with Crippen molar-refractivity contribution >= 4 is 17.4 Å². The molecular weight excluding hydrogens is 221 g/mol. The zero-order valence-electron chi connectivity index (χ0n) is 10.2. The summed E-state index contributed by atoms with van der Waals surface area (Å²) in [6.07, 6.45) is 0. The normalized spacial score (nSPS) is 12.8. The predicted molar refractivity (Wildman–Crippen MR) is 71.6 cm³/mol. The summed E-state index contributed by atoms with van der Waals surface area (Å²) >= 11 is 1.95. The Bertz CT molecular complexity index is 315. The van der Waals surface area contributed by atoms with Gasteiger partial charge in [0.2, 0.25) is 0 Å². The SMILES string of the molecule is CC(C)C(C)SCCNc1cccc(F)c1. The van der Waals surface area contributed by atoms with Gasteiger partial charge in [0.05, 0.1) is 0 Å². The average Bonchev–Trinajstić information content (AvgIpc) is 2.24. The van der Waals surface area contributed by atoms with Crippen molar-refractivity contribution in [1.82, 2.24) is 0 Å². The molecule has 3 heteroatoms. The van der Waals surface area contributed by atoms with E-state index in [0.717, 1.165) is 18.0 Å². The number of halogens is 1. The van der Waals surface area contributed by atoms with Crippen LogP contribution in [0.25, 0.3) is 0 Å². The Morgan fingerprint density at radius 3 is 2.69 bits per heavy atom. The van der Waals surface area contributed by atoms with Gasteiger partial charge in [-0.05, 0) is 24.1 Å². The van der Waals surface area contributed by atoms with Crippen LogP contribution in [0.15, 0.2) is 24.3 Å². The first-order valence-electron chi connectivity index (χ1n) is 5.70. The number of benzene rings is 1. The summed E-state index contributed by atoms with van der Waals surface area (Å²) in [5, 5.41) is 3.89. The van der Waals surface area contributed by atoms with Crippen LogP contribution in [0.2, 0.25) is 0 Å². The molecule has 0 saturated carbocycles. The number of rotatable bonds is 6. The number of thioether (sulfide) groups is 1. The fraction of sp³-hybridized carbons (Fsp3) is 0.538. The molecule has 0 amide bonds. The summed E-state index contributed by atoms with van der Waals surface area (Å²) in [4.78, 5) is 0. The molecule has 1 unspecified atom stereocenters. The van der Waals surface area contributed by atoms with Crippen molar-refractivity contribution in [2.45, 2.75) is 26.0 Å². The van der Waals surface area contributed by atoms with Crippen LogP contribution in [0.5, 0.6) is 0 Å². The minimum Gasteiger partial charge on any atom is -0.384 e. The van der Waals surface area contributed by atoms with E-state index in [4.69, 9.17) is 0 Å². The van der Waals surface area contributed by atoms with Crippen molar-refractivity contribution in [3.63, 3.8) is 0 Å². The van der Waals surface area contributed by atoms with E-state index in [9.17, 15) is 4.39 Å². The lowest BCUT2D eigenvalue weighted by Crippen LogP contribution is -2.11. The number of anilines is 1. The van der Waals surface area contributed by atoms with Gasteiger partial charge in [-0.1, -0.05) is 26.8 Å². The van der Waals surface area contributed by atoms with Crippen LogP contribution >= 0.6 is 11.8 Å². The number of hydrogen-bond donors (Lipinski definition) is 1. The first-order valence-corrected chi connectivity index (χ1v) is 6.75. The molecule has 0 aromatic heterocycles. The van der Waals surface area contributed by atoms with Crippen LogP contribution in [-0.4, -0.2) is 17.5 Å². The summed E-state index contributed by atoms with van der Waals surface area (Å²) in [7, 11) is 0. The van der Waals surface area contributed by atoms with E-state index in [1.807, 2.05) is 17.8 Å². The largest absolute Gasteiger partial charge is 0.384 e. The van der Waals surface area contributed by atoms with Crippen LogP contribution in [0, 0.1) is 11.7 Å². The molecule has 0 heterocycles. The van der Waals surface area contributed by atoms with E-state index in [-0.39, 0.29) is 5.82 Å². The zero-order valence-corrected chi connectivity index (χ0v) is 11.0. The molecule has 16 heavy (non-hydrogen) atoms. The maximum Gasteiger partial charge on any atom is 0.125 e. The minimum absolute atomic E-state index is 0.187. The molecule has 1 rings (SSSR count). The van der Waals surface area contributed by atoms with E-state index in [1.165, 1.54) is 12.1 Å². The molecule has 90 valence electrons. The topological polar surface area (TPSA) is 12.0 Å². The quantitative estimate of drug-likeness (QED) is 0.755. The van der Waals surface area contributed by atoms with Gasteiger partial charge in [-0.2, -0.15) is 11.8 Å². The minimum atomic E-state index is -0.187. The molecule has 0 saturated heterocycles. The molecule has 0 aliphatic heterocycles. The zero-order chi connectivity index (χ0) is 12.0. The standard InChI is InChI=1S/C13H20FNS/c1-10(2)11(3)16-8-7-15-13-6-4-5-12(14)9-13/h4-6,9-11,15H,7-8H2,1-3H3. The second-order valence-electron chi connectivity index (χ2n) is 4.26. The Balaban J connectivity index is 2.21. The third-order valence-corrected chi connectivity index (χ3v) is 4.09. The van der Waals surface area contributed by atoms with Crippen LogP contribution in [-0.2, 0) is 0 Å². The van der Waals surface area contributed by atoms with Crippen molar-refractivity contribution in [2.24, 2.45) is 5.92 Å². The molecule has 1 atom stereocenters. The number of hydrogen-bond acceptors (Lipinski definition) is 2. The van der Waals surface area contributed by atoms with E-state index in [0.29, 0.717) is 11.2 Å². The Labute approximate surface area is 102 Å². The third-order valence-electron chi connectivity index (χ3n) is 2.58. The molecule has 1 N–H and O–H groups in total. The molecule has 0 radical (unpaired) electrons. The van der Waals surface area contributed by atoms with Gasteiger partial charge in [0.25, 0.3) is 0 Å². The van der Waals surface area contributed by atoms with Crippen LogP contribution in [0.4, 0.5) is 10.1 Å². The third kappa shape index (κ3) is 4.88. The van der Waals surface area contributed by atoms with E-state index < -0.39 is 0 Å². The summed E-state index contributed by atoms with van der Waals surface area (Å²) in [6.45, 7) is 7.60. The smallest absolute Gasteiger partial charge is 0.125 e. The van der Waals surface area contributed by atoms with Crippen molar-refractivity contribution in [1.29, 1.82) is 0 Å². The molecule has 0 fully saturated rings. The molecule has 0 bridgehead atoms. The van der Waals surface area contributed by atoms with E-state index in [2.05, 4.69) is 26.1 Å². The van der Waals surface area contributed by atoms with Crippen LogP contribution < -0.4 is 5.32 Å². The Hall–Kier alpha value is -0.700. The van der Waals surface area contributed by atoms with Crippen molar-refractivity contribution in [3.05, 3.63) is 30.1 Å². The summed E-state index contributed by atoms with van der Waals surface area (Å²) < 4.78 is 12.9. The lowest BCUT2D eigenvalue weighted by Gasteiger charge is -2.15. The van der Waals surface area contributed by atoms with Crippen LogP contribution in [0.3, 0.4) is 0 Å². The second-order valence-corrected chi connectivity index (χ2v) is 5.74. The van der Waals surface area contributed by atoms with Gasteiger partial charge < -0.3 is 5.32 Å². The second kappa shape index (κ2) is 6.79. The highest BCUT2D eigenvalue weighted by atomic mass is 32.2. The monoisotopic (exact) mass is 241 g/mol. The highest BCUT2D eigenvalue weighted by Crippen LogP contribution is 2.18. The maximum absolute atomic E-state index is 12.9. The van der Waals surface area contributed by atoms with Gasteiger partial charge in [-0.3, -0.25) is 0 Å². The predicted octanol–water partition coefficient (Wildman–Crippen LogP) is 4.02. The number of nitrogens with one attached hydrogen (secondary N) is 1. The Kier molecular flexibility index (Phi) is 5.67. The summed E-state index contributed by atoms with van der Waals surface area (Å²) in [6, 6.07) is 6.60. The Morgan fingerprint density at radius 2 is 2.06 bits per heavy atom. The van der Waals surface area contributed by atoms with Gasteiger partial charge in [0.1, 0.15) is 5.82 Å². The highest BCUT2D eigenvalue weighted by Gasteiger charge is 2.06. The average molecular weight is 241 g/mol. The van der Waals surface area contributed by atoms with Gasteiger partial charge in [0.15, 0.2) is 0 Å². The first kappa shape index (κ1) is 13.4. The molecule has 1 nitrogen and oxygen atoms in total. The van der Waals surface area contributed by atoms with Gasteiger partial charge in [-0.15, -0.1) is 0 Å². The Morgan fingerprint density at radius 1 is 1.31 bits per heavy atom. The molecule has 0 aliphatic rings. The molecule has 0 aliphatic carbocycles. The first-order chi connectivity index (χ1) is 7.59. The highest BCUT2D eigenvalue weighted by molar-refractivity contribution is 7.99. The van der Waals surface area contributed by atoms with Crippen molar-refractivity contribution in [3.8, 4) is 0 Å². The summed E-state index contributed by atoms with van der Waals surface area (Å²) in [5.41, 5.74) is 0.859. The lowest BCUT2D eigenvalue weighted by atomic mass is 10.2. The van der Waals surface area contributed by atoms with Crippen molar-refractivity contribution in [2.75, 3.05) is 17.6 Å². The van der Waals surface area contributed by atoms with E-state index >= 15 is 0 Å². The van der Waals surface area contributed by atoms with Crippen molar-refractivity contribution < 1.29 is 4.39 Å². The van der Waals surface area contributed by atoms with Gasteiger partial charge in [-0.25, -0.2) is 4.39 Å². The fourth-order valence-electron chi connectivity index (χ4n) is 1.23. The molecular formula is C13H20FNS. The fourth-order valence-corrected chi connectivity index (χ4v) is 2.21.